The fourth-order valence-corrected chi connectivity index (χ4v) is 3.14. The van der Waals surface area contributed by atoms with Crippen molar-refractivity contribution in [3.8, 4) is 0 Å². The van der Waals surface area contributed by atoms with Crippen molar-refractivity contribution in [3.63, 3.8) is 0 Å². The molecule has 1 unspecified atom stereocenters. The molecule has 0 amide bonds. The summed E-state index contributed by atoms with van der Waals surface area (Å²) in [6.45, 7) is 3.88. The average molecular weight is 297 g/mol. The molecule has 1 aliphatic rings. The van der Waals surface area contributed by atoms with Gasteiger partial charge in [-0.2, -0.15) is 0 Å². The van der Waals surface area contributed by atoms with Gasteiger partial charge >= 0.3 is 0 Å². The number of hydrogen-bond acceptors (Lipinski definition) is 6. The Labute approximate surface area is 127 Å². The number of piperidine rings is 1. The van der Waals surface area contributed by atoms with Crippen LogP contribution < -0.4 is 10.6 Å². The van der Waals surface area contributed by atoms with Gasteiger partial charge in [0.15, 0.2) is 11.3 Å². The van der Waals surface area contributed by atoms with Crippen LogP contribution in [0.3, 0.4) is 0 Å². The van der Waals surface area contributed by atoms with Crippen molar-refractivity contribution in [2.75, 3.05) is 18.0 Å². The Kier molecular flexibility index (Phi) is 3.15. The Morgan fingerprint density at radius 2 is 2.32 bits per heavy atom. The summed E-state index contributed by atoms with van der Waals surface area (Å²) in [5.41, 5.74) is 7.58. The van der Waals surface area contributed by atoms with E-state index in [1.807, 2.05) is 6.07 Å². The van der Waals surface area contributed by atoms with Crippen LogP contribution in [0.4, 0.5) is 5.82 Å². The fraction of sp³-hybridized carbons (Fsp3) is 0.467. The maximum absolute atomic E-state index is 6.15. The first-order valence-corrected chi connectivity index (χ1v) is 7.76. The van der Waals surface area contributed by atoms with Gasteiger partial charge in [-0.05, 0) is 18.9 Å². The highest BCUT2D eigenvalue weighted by atomic mass is 15.2. The standard InChI is InChI=1S/C15H19N7/c1-2-11-18-14-12(10-5-6-17-13(10)20-21-14)15(19-11)22-7-3-4-9(16)8-22/h5-6,9H,2-4,7-8,16H2,1H3,(H,18,19,21). The van der Waals surface area contributed by atoms with Crippen LogP contribution in [-0.4, -0.2) is 44.3 Å². The third-order valence-corrected chi connectivity index (χ3v) is 4.25. The van der Waals surface area contributed by atoms with Crippen molar-refractivity contribution >= 4 is 27.9 Å². The van der Waals surface area contributed by atoms with Crippen molar-refractivity contribution in [2.45, 2.75) is 32.2 Å². The van der Waals surface area contributed by atoms with E-state index in [9.17, 15) is 0 Å². The molecule has 1 atom stereocenters. The lowest BCUT2D eigenvalue weighted by atomic mass is 10.1. The number of aromatic nitrogens is 5. The summed E-state index contributed by atoms with van der Waals surface area (Å²) in [5.74, 6) is 1.86. The summed E-state index contributed by atoms with van der Waals surface area (Å²) in [5, 5.41) is 10.5. The summed E-state index contributed by atoms with van der Waals surface area (Å²) in [6, 6.07) is 2.17. The van der Waals surface area contributed by atoms with Gasteiger partial charge in [0.25, 0.3) is 0 Å². The second-order valence-electron chi connectivity index (χ2n) is 5.81. The van der Waals surface area contributed by atoms with Gasteiger partial charge in [-0.1, -0.05) is 6.92 Å². The molecule has 0 aliphatic carbocycles. The van der Waals surface area contributed by atoms with Crippen LogP contribution in [0.15, 0.2) is 12.3 Å². The molecule has 4 heterocycles. The van der Waals surface area contributed by atoms with Crippen molar-refractivity contribution in [1.82, 2.24) is 25.1 Å². The SMILES string of the molecule is CCc1nc(N2CCCC(N)C2)c2c(nnc3nccc32)[nH]1. The Hall–Kier alpha value is -2.28. The van der Waals surface area contributed by atoms with E-state index in [1.165, 1.54) is 0 Å². The van der Waals surface area contributed by atoms with E-state index < -0.39 is 0 Å². The van der Waals surface area contributed by atoms with E-state index in [-0.39, 0.29) is 6.04 Å². The van der Waals surface area contributed by atoms with Crippen LogP contribution in [0.2, 0.25) is 0 Å². The van der Waals surface area contributed by atoms with Crippen LogP contribution in [-0.2, 0) is 6.42 Å². The van der Waals surface area contributed by atoms with Gasteiger partial charge in [-0.3, -0.25) is 0 Å². The number of nitrogens with zero attached hydrogens (tertiary/aromatic N) is 5. The Bertz CT molecular complexity index is 825. The molecule has 1 fully saturated rings. The van der Waals surface area contributed by atoms with Gasteiger partial charge in [-0.25, -0.2) is 9.97 Å². The first-order chi connectivity index (χ1) is 10.8. The normalized spacial score (nSPS) is 19.2. The lowest BCUT2D eigenvalue weighted by molar-refractivity contribution is 0.503. The second kappa shape index (κ2) is 5.17. The predicted octanol–water partition coefficient (Wildman–Crippen LogP) is 1.39. The summed E-state index contributed by atoms with van der Waals surface area (Å²) in [4.78, 5) is 14.6. The summed E-state index contributed by atoms with van der Waals surface area (Å²) in [7, 11) is 0. The molecule has 7 heteroatoms. The van der Waals surface area contributed by atoms with Crippen LogP contribution in [0.5, 0.6) is 0 Å². The average Bonchev–Trinajstić information content (AvgIpc) is 3.02. The zero-order valence-corrected chi connectivity index (χ0v) is 12.6. The zero-order valence-electron chi connectivity index (χ0n) is 12.6. The Morgan fingerprint density at radius 3 is 3.14 bits per heavy atom. The quantitative estimate of drug-likeness (QED) is 0.742. The van der Waals surface area contributed by atoms with Crippen molar-refractivity contribution in [3.05, 3.63) is 18.1 Å². The molecule has 4 rings (SSSR count). The van der Waals surface area contributed by atoms with E-state index in [1.54, 1.807) is 6.20 Å². The summed E-state index contributed by atoms with van der Waals surface area (Å²) in [6.07, 6.45) is 4.74. The van der Waals surface area contributed by atoms with Crippen molar-refractivity contribution in [1.29, 1.82) is 0 Å². The summed E-state index contributed by atoms with van der Waals surface area (Å²) < 4.78 is 0. The number of aryl methyl sites for hydroxylation is 1. The van der Waals surface area contributed by atoms with Gasteiger partial charge in [-0.15, -0.1) is 10.2 Å². The minimum absolute atomic E-state index is 0.197. The van der Waals surface area contributed by atoms with Crippen LogP contribution in [0.1, 0.15) is 25.6 Å². The molecule has 3 aromatic heterocycles. The smallest absolute Gasteiger partial charge is 0.182 e. The highest BCUT2D eigenvalue weighted by molar-refractivity contribution is 6.07. The van der Waals surface area contributed by atoms with Crippen LogP contribution >= 0.6 is 0 Å². The van der Waals surface area contributed by atoms with Gasteiger partial charge in [0.1, 0.15) is 11.6 Å². The van der Waals surface area contributed by atoms with Crippen LogP contribution in [0, 0.1) is 0 Å². The number of nitrogens with two attached hydrogens (primary N) is 1. The first kappa shape index (κ1) is 13.4. The molecule has 1 saturated heterocycles. The minimum Gasteiger partial charge on any atom is -0.354 e. The number of anilines is 1. The number of H-pyrrole nitrogens is 1. The molecule has 0 radical (unpaired) electrons. The number of fused-ring (bicyclic) bond motifs is 3. The lowest BCUT2D eigenvalue weighted by Crippen LogP contribution is -2.43. The molecule has 1 aliphatic heterocycles. The highest BCUT2D eigenvalue weighted by Crippen LogP contribution is 2.30. The van der Waals surface area contributed by atoms with Gasteiger partial charge in [0, 0.05) is 37.1 Å². The molecule has 0 bridgehead atoms. The summed E-state index contributed by atoms with van der Waals surface area (Å²) >= 11 is 0. The number of aromatic amines is 1. The third kappa shape index (κ3) is 2.09. The van der Waals surface area contributed by atoms with Gasteiger partial charge < -0.3 is 15.6 Å². The molecule has 114 valence electrons. The Morgan fingerprint density at radius 1 is 1.41 bits per heavy atom. The predicted molar refractivity (Wildman–Crippen MR) is 85.8 cm³/mol. The second-order valence-corrected chi connectivity index (χ2v) is 5.81. The molecule has 0 aromatic carbocycles. The largest absolute Gasteiger partial charge is 0.354 e. The molecule has 7 nitrogen and oxygen atoms in total. The maximum Gasteiger partial charge on any atom is 0.182 e. The third-order valence-electron chi connectivity index (χ3n) is 4.25. The maximum atomic E-state index is 6.15. The van der Waals surface area contributed by atoms with E-state index in [2.05, 4.69) is 32.0 Å². The van der Waals surface area contributed by atoms with E-state index >= 15 is 0 Å². The zero-order chi connectivity index (χ0) is 15.1. The van der Waals surface area contributed by atoms with Crippen LogP contribution in [0.25, 0.3) is 22.1 Å². The molecule has 0 spiro atoms. The molecule has 3 aromatic rings. The minimum atomic E-state index is 0.197. The molecule has 0 saturated carbocycles. The Balaban J connectivity index is 1.98. The molecular weight excluding hydrogens is 278 g/mol. The number of hydrogen-bond donors (Lipinski definition) is 2. The van der Waals surface area contributed by atoms with E-state index in [0.717, 1.165) is 60.4 Å². The lowest BCUT2D eigenvalue weighted by Gasteiger charge is -2.32. The molecule has 22 heavy (non-hydrogen) atoms. The van der Waals surface area contributed by atoms with E-state index in [0.29, 0.717) is 5.65 Å². The molecular formula is C15H19N7. The van der Waals surface area contributed by atoms with Gasteiger partial charge in [0.05, 0.1) is 5.39 Å². The van der Waals surface area contributed by atoms with Crippen molar-refractivity contribution < 1.29 is 0 Å². The first-order valence-electron chi connectivity index (χ1n) is 7.76. The number of rotatable bonds is 2. The fourth-order valence-electron chi connectivity index (χ4n) is 3.14. The highest BCUT2D eigenvalue weighted by Gasteiger charge is 2.22. The monoisotopic (exact) mass is 297 g/mol. The van der Waals surface area contributed by atoms with Crippen molar-refractivity contribution in [2.24, 2.45) is 5.73 Å². The topological polar surface area (TPSA) is 96.6 Å². The number of nitrogens with one attached hydrogen (secondary N) is 1. The van der Waals surface area contributed by atoms with E-state index in [4.69, 9.17) is 10.7 Å². The molecule has 3 N–H and O–H groups in total. The van der Waals surface area contributed by atoms with Gasteiger partial charge in [0.2, 0.25) is 0 Å².